The van der Waals surface area contributed by atoms with E-state index in [1.165, 1.54) is 5.01 Å². The molecule has 4 heteroatoms. The number of amides is 1. The van der Waals surface area contributed by atoms with Crippen LogP contribution < -0.4 is 0 Å². The predicted molar refractivity (Wildman–Crippen MR) is 85.0 cm³/mol. The molecule has 0 saturated heterocycles. The van der Waals surface area contributed by atoms with Crippen molar-refractivity contribution in [1.82, 2.24) is 10.0 Å². The smallest absolute Gasteiger partial charge is 0.271 e. The summed E-state index contributed by atoms with van der Waals surface area (Å²) < 4.78 is 0. The zero-order valence-corrected chi connectivity index (χ0v) is 12.9. The second kappa shape index (κ2) is 5.55. The molecule has 1 N–H and O–H groups in total. The van der Waals surface area contributed by atoms with Gasteiger partial charge in [0.15, 0.2) is 0 Å². The fourth-order valence-electron chi connectivity index (χ4n) is 3.14. The second-order valence-corrected chi connectivity index (χ2v) is 5.34. The molecular weight excluding hydrogens is 276 g/mol. The Morgan fingerprint density at radius 3 is 2.23 bits per heavy atom. The average Bonchev–Trinajstić information content (AvgIpc) is 2.80. The lowest BCUT2D eigenvalue weighted by Crippen LogP contribution is -2.54. The maximum absolute atomic E-state index is 12.9. The molecule has 1 aliphatic rings. The summed E-state index contributed by atoms with van der Waals surface area (Å²) in [6.45, 7) is 5.24. The Balaban J connectivity index is 2.24. The molecule has 114 valence electrons. The summed E-state index contributed by atoms with van der Waals surface area (Å²) in [6.07, 6.45) is 0. The van der Waals surface area contributed by atoms with Crippen molar-refractivity contribution in [2.24, 2.45) is 0 Å². The fraction of sp³-hybridized carbons (Fsp3) is 0.278. The number of fused-ring (bicyclic) bond motifs is 1. The van der Waals surface area contributed by atoms with E-state index in [1.54, 1.807) is 6.07 Å². The Kier molecular flexibility index (Phi) is 3.72. The van der Waals surface area contributed by atoms with Gasteiger partial charge in [0.25, 0.3) is 5.91 Å². The van der Waals surface area contributed by atoms with E-state index in [0.29, 0.717) is 29.8 Å². The van der Waals surface area contributed by atoms with Crippen LogP contribution in [0.4, 0.5) is 0 Å². The lowest BCUT2D eigenvalue weighted by Gasteiger charge is -2.41. The highest BCUT2D eigenvalue weighted by Gasteiger charge is 2.51. The Bertz CT molecular complexity index is 682. The molecule has 0 radical (unpaired) electrons. The van der Waals surface area contributed by atoms with E-state index in [4.69, 9.17) is 0 Å². The molecule has 0 unspecified atom stereocenters. The van der Waals surface area contributed by atoms with Crippen molar-refractivity contribution >= 4 is 5.91 Å². The summed E-state index contributed by atoms with van der Waals surface area (Å²) in [5.41, 5.74) is 0.431. The van der Waals surface area contributed by atoms with Gasteiger partial charge in [-0.25, -0.2) is 10.0 Å². The maximum Gasteiger partial charge on any atom is 0.271 e. The molecule has 0 saturated carbocycles. The Morgan fingerprint density at radius 2 is 1.59 bits per heavy atom. The van der Waals surface area contributed by atoms with Crippen molar-refractivity contribution in [3.63, 3.8) is 0 Å². The number of hydrazine groups is 1. The van der Waals surface area contributed by atoms with Gasteiger partial charge in [-0.1, -0.05) is 62.4 Å². The number of rotatable bonds is 4. The van der Waals surface area contributed by atoms with E-state index in [-0.39, 0.29) is 5.91 Å². The quantitative estimate of drug-likeness (QED) is 0.943. The zero-order valence-electron chi connectivity index (χ0n) is 12.9. The third-order valence-electron chi connectivity index (χ3n) is 4.22. The summed E-state index contributed by atoms with van der Waals surface area (Å²) in [4.78, 5) is 12.9. The predicted octanol–water partition coefficient (Wildman–Crippen LogP) is 2.59. The minimum Gasteiger partial charge on any atom is -0.362 e. The number of carbonyl (C=O) groups excluding carboxylic acids is 1. The number of aliphatic hydroxyl groups is 1. The van der Waals surface area contributed by atoms with Gasteiger partial charge in [0.1, 0.15) is 0 Å². The van der Waals surface area contributed by atoms with E-state index in [2.05, 4.69) is 0 Å². The van der Waals surface area contributed by atoms with Gasteiger partial charge in [0.05, 0.1) is 0 Å². The molecule has 3 rings (SSSR count). The van der Waals surface area contributed by atoms with Gasteiger partial charge in [-0.05, 0) is 6.07 Å². The fourth-order valence-corrected chi connectivity index (χ4v) is 3.14. The summed E-state index contributed by atoms with van der Waals surface area (Å²) in [5, 5.41) is 14.9. The molecular formula is C18H20N2O2. The molecule has 1 heterocycles. The standard InChI is InChI=1S/C18H20N2O2/c1-3-19(4-2)20-17(21)15-12-8-9-13-16(15)18(20,22)14-10-6-5-7-11-14/h5-13,22H,3-4H2,1-2H3/t18-/m1/s1. The monoisotopic (exact) mass is 296 g/mol. The van der Waals surface area contributed by atoms with Gasteiger partial charge in [-0.2, -0.15) is 0 Å². The highest BCUT2D eigenvalue weighted by molar-refractivity contribution is 6.00. The molecule has 2 aromatic rings. The Labute approximate surface area is 130 Å². The first kappa shape index (κ1) is 14.8. The van der Waals surface area contributed by atoms with E-state index >= 15 is 0 Å². The first-order valence-electron chi connectivity index (χ1n) is 7.61. The minimum atomic E-state index is -1.46. The van der Waals surface area contributed by atoms with Crippen molar-refractivity contribution in [1.29, 1.82) is 0 Å². The first-order valence-corrected chi connectivity index (χ1v) is 7.61. The highest BCUT2D eigenvalue weighted by Crippen LogP contribution is 2.42. The normalized spacial score (nSPS) is 20.5. The molecule has 0 aromatic heterocycles. The van der Waals surface area contributed by atoms with Crippen LogP contribution in [0.1, 0.15) is 35.3 Å². The van der Waals surface area contributed by atoms with Crippen LogP contribution in [-0.2, 0) is 5.72 Å². The number of carbonyl (C=O) groups is 1. The van der Waals surface area contributed by atoms with Crippen molar-refractivity contribution in [2.45, 2.75) is 19.6 Å². The number of nitrogens with zero attached hydrogens (tertiary/aromatic N) is 2. The summed E-state index contributed by atoms with van der Waals surface area (Å²) in [5.74, 6) is -0.161. The molecule has 2 aromatic carbocycles. The molecule has 0 spiro atoms. The van der Waals surface area contributed by atoms with E-state index in [1.807, 2.05) is 67.4 Å². The van der Waals surface area contributed by atoms with Gasteiger partial charge < -0.3 is 5.11 Å². The first-order chi connectivity index (χ1) is 10.6. The summed E-state index contributed by atoms with van der Waals surface area (Å²) in [6, 6.07) is 16.6. The van der Waals surface area contributed by atoms with Crippen LogP contribution in [-0.4, -0.2) is 34.1 Å². The molecule has 1 aliphatic heterocycles. The highest BCUT2D eigenvalue weighted by atomic mass is 16.3. The van der Waals surface area contributed by atoms with Crippen molar-refractivity contribution < 1.29 is 9.90 Å². The van der Waals surface area contributed by atoms with Crippen LogP contribution in [0.15, 0.2) is 54.6 Å². The van der Waals surface area contributed by atoms with Crippen LogP contribution in [0.25, 0.3) is 0 Å². The van der Waals surface area contributed by atoms with Crippen molar-refractivity contribution in [3.05, 3.63) is 71.3 Å². The van der Waals surface area contributed by atoms with Gasteiger partial charge in [0.2, 0.25) is 5.72 Å². The number of benzene rings is 2. The van der Waals surface area contributed by atoms with Crippen LogP contribution in [0.3, 0.4) is 0 Å². The lowest BCUT2D eigenvalue weighted by atomic mass is 9.94. The van der Waals surface area contributed by atoms with Crippen LogP contribution in [0, 0.1) is 0 Å². The minimum absolute atomic E-state index is 0.161. The van der Waals surface area contributed by atoms with Gasteiger partial charge in [-0.15, -0.1) is 0 Å². The second-order valence-electron chi connectivity index (χ2n) is 5.34. The Hall–Kier alpha value is -2.17. The number of hydrogen-bond donors (Lipinski definition) is 1. The van der Waals surface area contributed by atoms with Gasteiger partial charge >= 0.3 is 0 Å². The lowest BCUT2D eigenvalue weighted by molar-refractivity contribution is -0.153. The van der Waals surface area contributed by atoms with Crippen molar-refractivity contribution in [3.8, 4) is 0 Å². The van der Waals surface area contributed by atoms with E-state index < -0.39 is 5.72 Å². The summed E-state index contributed by atoms with van der Waals surface area (Å²) >= 11 is 0. The van der Waals surface area contributed by atoms with Gasteiger partial charge in [0, 0.05) is 29.8 Å². The number of hydrogen-bond acceptors (Lipinski definition) is 3. The third kappa shape index (κ3) is 1.95. The maximum atomic E-state index is 12.9. The SMILES string of the molecule is CCN(CC)N1C(=O)c2ccccc2[C@]1(O)c1ccccc1. The topological polar surface area (TPSA) is 43.8 Å². The molecule has 1 atom stereocenters. The van der Waals surface area contributed by atoms with Crippen LogP contribution in [0.5, 0.6) is 0 Å². The molecule has 22 heavy (non-hydrogen) atoms. The van der Waals surface area contributed by atoms with Crippen LogP contribution in [0.2, 0.25) is 0 Å². The zero-order chi connectivity index (χ0) is 15.7. The third-order valence-corrected chi connectivity index (χ3v) is 4.22. The van der Waals surface area contributed by atoms with Gasteiger partial charge in [-0.3, -0.25) is 4.79 Å². The molecule has 0 fully saturated rings. The average molecular weight is 296 g/mol. The molecule has 1 amide bonds. The van der Waals surface area contributed by atoms with E-state index in [0.717, 1.165) is 0 Å². The van der Waals surface area contributed by atoms with E-state index in [9.17, 15) is 9.90 Å². The molecule has 0 bridgehead atoms. The Morgan fingerprint density at radius 1 is 1.00 bits per heavy atom. The largest absolute Gasteiger partial charge is 0.362 e. The summed E-state index contributed by atoms with van der Waals surface area (Å²) in [7, 11) is 0. The van der Waals surface area contributed by atoms with Crippen molar-refractivity contribution in [2.75, 3.05) is 13.1 Å². The molecule has 4 nitrogen and oxygen atoms in total. The molecule has 0 aliphatic carbocycles. The van der Waals surface area contributed by atoms with Crippen LogP contribution >= 0.6 is 0 Å².